The van der Waals surface area contributed by atoms with E-state index >= 15 is 0 Å². The summed E-state index contributed by atoms with van der Waals surface area (Å²) in [6, 6.07) is 7.09. The summed E-state index contributed by atoms with van der Waals surface area (Å²) >= 11 is 1.63. The highest BCUT2D eigenvalue weighted by molar-refractivity contribution is 7.91. The Morgan fingerprint density at radius 2 is 2.05 bits per heavy atom. The Morgan fingerprint density at radius 1 is 1.29 bits per heavy atom. The van der Waals surface area contributed by atoms with Gasteiger partial charge in [0.15, 0.2) is 9.84 Å². The van der Waals surface area contributed by atoms with E-state index in [1.165, 1.54) is 0 Å². The maximum absolute atomic E-state index is 12.2. The molecule has 0 aliphatic heterocycles. The molecule has 0 saturated heterocycles. The van der Waals surface area contributed by atoms with Crippen LogP contribution >= 0.6 is 11.3 Å². The number of benzene rings is 1. The van der Waals surface area contributed by atoms with Crippen LogP contribution in [0.3, 0.4) is 0 Å². The lowest BCUT2D eigenvalue weighted by Crippen LogP contribution is -2.12. The van der Waals surface area contributed by atoms with Crippen molar-refractivity contribution in [2.45, 2.75) is 31.6 Å². The quantitative estimate of drug-likeness (QED) is 0.849. The third kappa shape index (κ3) is 4.28. The van der Waals surface area contributed by atoms with Gasteiger partial charge in [0, 0.05) is 18.3 Å². The van der Waals surface area contributed by atoms with Crippen LogP contribution in [0.1, 0.15) is 24.0 Å². The van der Waals surface area contributed by atoms with Gasteiger partial charge in [-0.1, -0.05) is 19.1 Å². The molecule has 1 N–H and O–H groups in total. The van der Waals surface area contributed by atoms with Crippen molar-refractivity contribution >= 4 is 26.9 Å². The summed E-state index contributed by atoms with van der Waals surface area (Å²) in [4.78, 5) is 4.79. The Morgan fingerprint density at radius 3 is 2.71 bits per heavy atom. The monoisotopic (exact) mass is 324 g/mol. The van der Waals surface area contributed by atoms with Gasteiger partial charge in [0.25, 0.3) is 0 Å². The molecular weight excluding hydrogens is 304 g/mol. The van der Waals surface area contributed by atoms with E-state index in [2.05, 4.69) is 10.3 Å². The summed E-state index contributed by atoms with van der Waals surface area (Å²) in [7, 11) is -3.21. The maximum atomic E-state index is 12.2. The summed E-state index contributed by atoms with van der Waals surface area (Å²) in [5, 5.41) is 6.31. The van der Waals surface area contributed by atoms with Gasteiger partial charge in [0.2, 0.25) is 0 Å². The van der Waals surface area contributed by atoms with Crippen molar-refractivity contribution < 1.29 is 8.42 Å². The van der Waals surface area contributed by atoms with Crippen LogP contribution in [-0.4, -0.2) is 25.7 Å². The molecule has 0 fully saturated rings. The maximum Gasteiger partial charge on any atom is 0.180 e. The first-order chi connectivity index (χ1) is 10.0. The van der Waals surface area contributed by atoms with Crippen molar-refractivity contribution in [1.82, 2.24) is 4.98 Å². The number of hydrogen-bond acceptors (Lipinski definition) is 5. The van der Waals surface area contributed by atoms with Crippen LogP contribution in [0.4, 0.5) is 5.69 Å². The first-order valence-electron chi connectivity index (χ1n) is 6.99. The SMILES string of the molecule is CCCS(=O)(=O)c1ccccc1NCCc1csc(C)n1. The fourth-order valence-corrected chi connectivity index (χ4v) is 4.28. The van der Waals surface area contributed by atoms with Gasteiger partial charge in [-0.25, -0.2) is 13.4 Å². The molecule has 0 unspecified atom stereocenters. The summed E-state index contributed by atoms with van der Waals surface area (Å²) in [6.07, 6.45) is 1.40. The minimum atomic E-state index is -3.21. The van der Waals surface area contributed by atoms with Gasteiger partial charge >= 0.3 is 0 Å². The number of nitrogens with one attached hydrogen (secondary N) is 1. The number of para-hydroxylation sites is 1. The Bertz CT molecular complexity index is 693. The summed E-state index contributed by atoms with van der Waals surface area (Å²) in [6.45, 7) is 4.52. The molecule has 1 aromatic carbocycles. The van der Waals surface area contributed by atoms with Crippen molar-refractivity contribution in [2.75, 3.05) is 17.6 Å². The molecule has 4 nitrogen and oxygen atoms in total. The normalized spacial score (nSPS) is 11.5. The number of anilines is 1. The summed E-state index contributed by atoms with van der Waals surface area (Å²) in [5.74, 6) is 0.178. The minimum Gasteiger partial charge on any atom is -0.384 e. The van der Waals surface area contributed by atoms with Crippen molar-refractivity contribution in [3.63, 3.8) is 0 Å². The molecule has 0 spiro atoms. The predicted molar refractivity (Wildman–Crippen MR) is 87.8 cm³/mol. The fraction of sp³-hybridized carbons (Fsp3) is 0.400. The molecule has 2 rings (SSSR count). The van der Waals surface area contributed by atoms with Crippen LogP contribution in [0, 0.1) is 6.92 Å². The lowest BCUT2D eigenvalue weighted by Gasteiger charge is -2.11. The molecule has 0 saturated carbocycles. The average molecular weight is 324 g/mol. The van der Waals surface area contributed by atoms with Crippen LogP contribution in [0.25, 0.3) is 0 Å². The molecule has 1 aromatic heterocycles. The second kappa shape index (κ2) is 7.04. The highest BCUT2D eigenvalue weighted by Crippen LogP contribution is 2.22. The van der Waals surface area contributed by atoms with Gasteiger partial charge in [-0.2, -0.15) is 0 Å². The third-order valence-corrected chi connectivity index (χ3v) is 5.85. The summed E-state index contributed by atoms with van der Waals surface area (Å²) in [5.41, 5.74) is 1.72. The first-order valence-corrected chi connectivity index (χ1v) is 9.53. The van der Waals surface area contributed by atoms with E-state index in [1.54, 1.807) is 23.5 Å². The molecule has 0 aliphatic rings. The van der Waals surface area contributed by atoms with E-state index in [0.29, 0.717) is 23.5 Å². The number of rotatable bonds is 7. The summed E-state index contributed by atoms with van der Waals surface area (Å²) < 4.78 is 24.5. The highest BCUT2D eigenvalue weighted by atomic mass is 32.2. The molecule has 1 heterocycles. The third-order valence-electron chi connectivity index (χ3n) is 3.06. The van der Waals surface area contributed by atoms with Crippen LogP contribution in [0.5, 0.6) is 0 Å². The van der Waals surface area contributed by atoms with Crippen LogP contribution in [-0.2, 0) is 16.3 Å². The molecule has 0 radical (unpaired) electrons. The number of aromatic nitrogens is 1. The fourth-order valence-electron chi connectivity index (χ4n) is 2.11. The second-order valence-corrected chi connectivity index (χ2v) is 7.99. The van der Waals surface area contributed by atoms with Gasteiger partial charge in [0.05, 0.1) is 27.0 Å². The average Bonchev–Trinajstić information content (AvgIpc) is 2.85. The number of sulfone groups is 1. The van der Waals surface area contributed by atoms with E-state index in [1.807, 2.05) is 31.4 Å². The molecule has 0 bridgehead atoms. The Labute approximate surface area is 130 Å². The zero-order chi connectivity index (χ0) is 15.3. The van der Waals surface area contributed by atoms with E-state index in [-0.39, 0.29) is 5.75 Å². The first kappa shape index (κ1) is 16.0. The van der Waals surface area contributed by atoms with Gasteiger partial charge in [0.1, 0.15) is 0 Å². The van der Waals surface area contributed by atoms with Gasteiger partial charge < -0.3 is 5.32 Å². The van der Waals surface area contributed by atoms with Crippen LogP contribution in [0.2, 0.25) is 0 Å². The smallest absolute Gasteiger partial charge is 0.180 e. The Kier molecular flexibility index (Phi) is 5.36. The number of nitrogens with zero attached hydrogens (tertiary/aromatic N) is 1. The van der Waals surface area contributed by atoms with Crippen molar-refractivity contribution in [3.8, 4) is 0 Å². The topological polar surface area (TPSA) is 59.1 Å². The van der Waals surface area contributed by atoms with E-state index in [4.69, 9.17) is 0 Å². The Balaban J connectivity index is 2.06. The van der Waals surface area contributed by atoms with Crippen molar-refractivity contribution in [1.29, 1.82) is 0 Å². The standard InChI is InChI=1S/C15H20N2O2S2/c1-3-10-21(18,19)15-7-5-4-6-14(15)16-9-8-13-11-20-12(2)17-13/h4-7,11,16H,3,8-10H2,1-2H3. The van der Waals surface area contributed by atoms with Crippen molar-refractivity contribution in [2.24, 2.45) is 0 Å². The predicted octanol–water partition coefficient (Wildman–Crippen LogP) is 3.29. The van der Waals surface area contributed by atoms with Crippen LogP contribution < -0.4 is 5.32 Å². The molecule has 0 aliphatic carbocycles. The molecule has 0 atom stereocenters. The zero-order valence-electron chi connectivity index (χ0n) is 12.3. The highest BCUT2D eigenvalue weighted by Gasteiger charge is 2.16. The lowest BCUT2D eigenvalue weighted by atomic mass is 10.3. The van der Waals surface area contributed by atoms with Gasteiger partial charge in [-0.05, 0) is 25.5 Å². The minimum absolute atomic E-state index is 0.178. The molecule has 2 aromatic rings. The van der Waals surface area contributed by atoms with Gasteiger partial charge in [-0.15, -0.1) is 11.3 Å². The molecule has 21 heavy (non-hydrogen) atoms. The Hall–Kier alpha value is -1.40. The molecule has 114 valence electrons. The number of hydrogen-bond donors (Lipinski definition) is 1. The van der Waals surface area contributed by atoms with E-state index in [0.717, 1.165) is 17.1 Å². The van der Waals surface area contributed by atoms with Gasteiger partial charge in [-0.3, -0.25) is 0 Å². The largest absolute Gasteiger partial charge is 0.384 e. The van der Waals surface area contributed by atoms with Crippen LogP contribution in [0.15, 0.2) is 34.5 Å². The second-order valence-electron chi connectivity index (χ2n) is 4.85. The zero-order valence-corrected chi connectivity index (χ0v) is 13.9. The lowest BCUT2D eigenvalue weighted by molar-refractivity contribution is 0.595. The number of thiazole rings is 1. The molecule has 0 amide bonds. The number of aryl methyl sites for hydroxylation is 1. The molecule has 6 heteroatoms. The van der Waals surface area contributed by atoms with E-state index in [9.17, 15) is 8.42 Å². The molecular formula is C15H20N2O2S2. The van der Waals surface area contributed by atoms with Crippen molar-refractivity contribution in [3.05, 3.63) is 40.3 Å². The van der Waals surface area contributed by atoms with E-state index < -0.39 is 9.84 Å².